The summed E-state index contributed by atoms with van der Waals surface area (Å²) in [5, 5.41) is 31.4. The Balaban J connectivity index is 2.37. The van der Waals surface area contributed by atoms with Crippen molar-refractivity contribution >= 4 is 11.4 Å². The zero-order valence-corrected chi connectivity index (χ0v) is 10.2. The van der Waals surface area contributed by atoms with Gasteiger partial charge in [-0.25, -0.2) is 0 Å². The van der Waals surface area contributed by atoms with Gasteiger partial charge in [0.2, 0.25) is 5.75 Å². The van der Waals surface area contributed by atoms with Crippen molar-refractivity contribution in [3.8, 4) is 17.2 Å². The van der Waals surface area contributed by atoms with Gasteiger partial charge < -0.3 is 20.6 Å². The van der Waals surface area contributed by atoms with E-state index in [1.165, 1.54) is 12.1 Å². The maximum Gasteiger partial charge on any atom is 0.202 e. The Kier molecular flexibility index (Phi) is 3.02. The Morgan fingerprint density at radius 2 is 1.44 bits per heavy atom. The molecule has 0 aliphatic carbocycles. The summed E-state index contributed by atoms with van der Waals surface area (Å²) in [6, 6.07) is 8.72. The van der Waals surface area contributed by atoms with E-state index in [4.69, 9.17) is 0 Å². The first-order chi connectivity index (χ1) is 8.47. The van der Waals surface area contributed by atoms with E-state index in [9.17, 15) is 15.3 Å². The van der Waals surface area contributed by atoms with Gasteiger partial charge in [-0.3, -0.25) is 0 Å². The highest BCUT2D eigenvalue weighted by molar-refractivity contribution is 5.72. The molecule has 0 spiro atoms. The van der Waals surface area contributed by atoms with Crippen LogP contribution in [0.25, 0.3) is 0 Å². The van der Waals surface area contributed by atoms with Crippen LogP contribution in [-0.4, -0.2) is 15.3 Å². The molecule has 0 fully saturated rings. The van der Waals surface area contributed by atoms with Crippen LogP contribution in [0, 0.1) is 13.8 Å². The summed E-state index contributed by atoms with van der Waals surface area (Å²) in [5.74, 6) is -1.24. The van der Waals surface area contributed by atoms with Crippen LogP contribution in [0.15, 0.2) is 30.3 Å². The lowest BCUT2D eigenvalue weighted by Crippen LogP contribution is -1.92. The van der Waals surface area contributed by atoms with Crippen molar-refractivity contribution in [2.75, 3.05) is 5.32 Å². The second kappa shape index (κ2) is 4.49. The van der Waals surface area contributed by atoms with E-state index in [2.05, 4.69) is 5.32 Å². The van der Waals surface area contributed by atoms with E-state index in [1.54, 1.807) is 0 Å². The van der Waals surface area contributed by atoms with E-state index >= 15 is 0 Å². The molecule has 0 amide bonds. The summed E-state index contributed by atoms with van der Waals surface area (Å²) in [5.41, 5.74) is 3.35. The van der Waals surface area contributed by atoms with Gasteiger partial charge >= 0.3 is 0 Å². The fourth-order valence-electron chi connectivity index (χ4n) is 1.87. The number of hydrogen-bond donors (Lipinski definition) is 4. The zero-order chi connectivity index (χ0) is 13.3. The highest BCUT2D eigenvalue weighted by Gasteiger charge is 2.11. The largest absolute Gasteiger partial charge is 0.504 e. The van der Waals surface area contributed by atoms with Crippen molar-refractivity contribution in [3.05, 3.63) is 41.5 Å². The molecule has 0 aliphatic heterocycles. The number of rotatable bonds is 2. The van der Waals surface area contributed by atoms with Crippen LogP contribution < -0.4 is 5.32 Å². The second-order valence-electron chi connectivity index (χ2n) is 4.33. The summed E-state index contributed by atoms with van der Waals surface area (Å²) in [7, 11) is 0. The molecule has 2 rings (SSSR count). The average molecular weight is 245 g/mol. The second-order valence-corrected chi connectivity index (χ2v) is 4.33. The summed E-state index contributed by atoms with van der Waals surface area (Å²) in [6.07, 6.45) is 0. The monoisotopic (exact) mass is 245 g/mol. The molecule has 4 nitrogen and oxygen atoms in total. The van der Waals surface area contributed by atoms with E-state index in [-0.39, 0.29) is 11.5 Å². The Morgan fingerprint density at radius 1 is 0.833 bits per heavy atom. The van der Waals surface area contributed by atoms with Gasteiger partial charge in [-0.15, -0.1) is 0 Å². The molecular weight excluding hydrogens is 230 g/mol. The van der Waals surface area contributed by atoms with Gasteiger partial charge in [0.25, 0.3) is 0 Å². The molecule has 94 valence electrons. The molecule has 0 saturated carbocycles. The van der Waals surface area contributed by atoms with Gasteiger partial charge in [-0.1, -0.05) is 6.07 Å². The number of nitrogens with one attached hydrogen (secondary N) is 1. The van der Waals surface area contributed by atoms with Gasteiger partial charge in [-0.05, 0) is 49.2 Å². The number of hydrogen-bond acceptors (Lipinski definition) is 4. The predicted molar refractivity (Wildman–Crippen MR) is 70.6 cm³/mol. The lowest BCUT2D eigenvalue weighted by atomic mass is 10.1. The van der Waals surface area contributed by atoms with Gasteiger partial charge in [0, 0.05) is 5.69 Å². The predicted octanol–water partition coefficient (Wildman–Crippen LogP) is 3.16. The van der Waals surface area contributed by atoms with Crippen LogP contribution in [0.5, 0.6) is 17.2 Å². The van der Waals surface area contributed by atoms with Crippen molar-refractivity contribution in [1.82, 2.24) is 0 Å². The number of benzene rings is 2. The Labute approximate surface area is 105 Å². The van der Waals surface area contributed by atoms with Gasteiger partial charge in [0.15, 0.2) is 11.5 Å². The number of phenols is 3. The number of anilines is 2. The fraction of sp³-hybridized carbons (Fsp3) is 0.143. The lowest BCUT2D eigenvalue weighted by molar-refractivity contribution is 0.369. The summed E-state index contributed by atoms with van der Waals surface area (Å²) < 4.78 is 0. The van der Waals surface area contributed by atoms with Crippen molar-refractivity contribution in [2.24, 2.45) is 0 Å². The smallest absolute Gasteiger partial charge is 0.202 e. The lowest BCUT2D eigenvalue weighted by Gasteiger charge is -2.11. The van der Waals surface area contributed by atoms with E-state index < -0.39 is 5.75 Å². The van der Waals surface area contributed by atoms with Gasteiger partial charge in [-0.2, -0.15) is 0 Å². The minimum atomic E-state index is -0.524. The van der Waals surface area contributed by atoms with Crippen molar-refractivity contribution in [3.63, 3.8) is 0 Å². The van der Waals surface area contributed by atoms with Crippen LogP contribution in [-0.2, 0) is 0 Å². The maximum atomic E-state index is 9.71. The highest BCUT2D eigenvalue weighted by atomic mass is 16.3. The molecule has 0 aliphatic rings. The van der Waals surface area contributed by atoms with Crippen molar-refractivity contribution in [1.29, 1.82) is 0 Å². The molecule has 2 aromatic carbocycles. The molecular formula is C14H15NO3. The first kappa shape index (κ1) is 12.1. The minimum absolute atomic E-state index is 0.343. The molecule has 0 aromatic heterocycles. The van der Waals surface area contributed by atoms with Crippen LogP contribution in [0.2, 0.25) is 0 Å². The van der Waals surface area contributed by atoms with Crippen LogP contribution in [0.3, 0.4) is 0 Å². The maximum absolute atomic E-state index is 9.71. The quantitative estimate of drug-likeness (QED) is 0.484. The molecule has 0 atom stereocenters. The summed E-state index contributed by atoms with van der Waals surface area (Å²) in [6.45, 7) is 3.96. The third kappa shape index (κ3) is 2.32. The first-order valence-corrected chi connectivity index (χ1v) is 5.56. The van der Waals surface area contributed by atoms with E-state index in [1.807, 2.05) is 32.0 Å². The Hall–Kier alpha value is -2.36. The highest BCUT2D eigenvalue weighted by Crippen LogP contribution is 2.41. The number of aromatic hydroxyl groups is 3. The molecule has 0 heterocycles. The molecule has 0 unspecified atom stereocenters. The number of phenolic OH excluding ortho intramolecular Hbond substituents is 3. The third-order valence-electron chi connectivity index (χ3n) is 2.63. The molecule has 18 heavy (non-hydrogen) atoms. The van der Waals surface area contributed by atoms with Gasteiger partial charge in [0.1, 0.15) is 0 Å². The van der Waals surface area contributed by atoms with Crippen molar-refractivity contribution < 1.29 is 15.3 Å². The number of aryl methyl sites for hydroxylation is 2. The topological polar surface area (TPSA) is 72.7 Å². The fourth-order valence-corrected chi connectivity index (χ4v) is 1.87. The van der Waals surface area contributed by atoms with Crippen LogP contribution in [0.1, 0.15) is 11.1 Å². The van der Waals surface area contributed by atoms with E-state index in [0.29, 0.717) is 5.69 Å². The molecule has 4 heteroatoms. The van der Waals surface area contributed by atoms with Crippen molar-refractivity contribution in [2.45, 2.75) is 13.8 Å². The standard InChI is InChI=1S/C14H15NO3/c1-8-5-9(2)7-10(6-8)15-11-3-4-12(16)14(18)13(11)17/h3-7,15-18H,1-2H3. The Bertz CT molecular complexity index is 574. The normalized spacial score (nSPS) is 10.3. The van der Waals surface area contributed by atoms with Gasteiger partial charge in [0.05, 0.1) is 5.69 Å². The van der Waals surface area contributed by atoms with E-state index in [0.717, 1.165) is 16.8 Å². The molecule has 2 aromatic rings. The molecule has 0 saturated heterocycles. The zero-order valence-electron chi connectivity index (χ0n) is 10.2. The average Bonchev–Trinajstić information content (AvgIpc) is 2.29. The first-order valence-electron chi connectivity index (χ1n) is 5.56. The molecule has 4 N–H and O–H groups in total. The molecule has 0 radical (unpaired) electrons. The summed E-state index contributed by atoms with van der Waals surface area (Å²) >= 11 is 0. The summed E-state index contributed by atoms with van der Waals surface area (Å²) in [4.78, 5) is 0. The van der Waals surface area contributed by atoms with Crippen LogP contribution >= 0.6 is 0 Å². The SMILES string of the molecule is Cc1cc(C)cc(Nc2ccc(O)c(O)c2O)c1. The minimum Gasteiger partial charge on any atom is -0.504 e. The third-order valence-corrected chi connectivity index (χ3v) is 2.63. The van der Waals surface area contributed by atoms with Crippen LogP contribution in [0.4, 0.5) is 11.4 Å². The molecule has 0 bridgehead atoms. The Morgan fingerprint density at radius 3 is 2.06 bits per heavy atom.